The topological polar surface area (TPSA) is 61.9 Å². The van der Waals surface area contributed by atoms with E-state index in [0.717, 1.165) is 12.2 Å². The van der Waals surface area contributed by atoms with Gasteiger partial charge in [0.2, 0.25) is 0 Å². The maximum Gasteiger partial charge on any atom is 0.156 e. The Morgan fingerprint density at radius 3 is 2.93 bits per heavy atom. The molecule has 0 aromatic rings. The molecule has 0 aliphatic carbocycles. The Balaban J connectivity index is 2.58. The van der Waals surface area contributed by atoms with E-state index in [4.69, 9.17) is 10.9 Å². The highest BCUT2D eigenvalue weighted by Crippen LogP contribution is 2.23. The SMILES string of the molecule is CCC(C(N)=NO)N(C)C1CCSC1. The van der Waals surface area contributed by atoms with Crippen LogP contribution in [0.1, 0.15) is 19.8 Å². The van der Waals surface area contributed by atoms with E-state index in [0.29, 0.717) is 11.9 Å². The molecule has 1 heterocycles. The summed E-state index contributed by atoms with van der Waals surface area (Å²) in [5, 5.41) is 11.8. The molecule has 2 atom stereocenters. The van der Waals surface area contributed by atoms with Crippen molar-refractivity contribution in [3.05, 3.63) is 0 Å². The van der Waals surface area contributed by atoms with Gasteiger partial charge in [-0.25, -0.2) is 0 Å². The summed E-state index contributed by atoms with van der Waals surface area (Å²) < 4.78 is 0. The van der Waals surface area contributed by atoms with Crippen LogP contribution in [-0.4, -0.2) is 46.6 Å². The van der Waals surface area contributed by atoms with Crippen LogP contribution in [0.3, 0.4) is 0 Å². The number of nitrogens with two attached hydrogens (primary N) is 1. The van der Waals surface area contributed by atoms with Crippen LogP contribution in [0.4, 0.5) is 0 Å². The van der Waals surface area contributed by atoms with Crippen molar-refractivity contribution in [2.24, 2.45) is 10.9 Å². The first-order valence-electron chi connectivity index (χ1n) is 4.97. The van der Waals surface area contributed by atoms with Gasteiger partial charge in [-0.05, 0) is 25.6 Å². The Hall–Kier alpha value is -0.420. The van der Waals surface area contributed by atoms with Gasteiger partial charge in [0, 0.05) is 11.8 Å². The highest BCUT2D eigenvalue weighted by atomic mass is 32.2. The molecule has 1 rings (SSSR count). The molecule has 4 nitrogen and oxygen atoms in total. The Kier molecular flexibility index (Phi) is 4.54. The lowest BCUT2D eigenvalue weighted by atomic mass is 10.1. The fourth-order valence-corrected chi connectivity index (χ4v) is 3.15. The Bertz CT molecular complexity index is 204. The third kappa shape index (κ3) is 2.54. The van der Waals surface area contributed by atoms with Gasteiger partial charge in [0.15, 0.2) is 5.84 Å². The fraction of sp³-hybridized carbons (Fsp3) is 0.889. The molecule has 5 heteroatoms. The predicted octanol–water partition coefficient (Wildman–Crippen LogP) is 0.949. The average molecular weight is 217 g/mol. The van der Waals surface area contributed by atoms with E-state index in [1.54, 1.807) is 0 Å². The highest BCUT2D eigenvalue weighted by molar-refractivity contribution is 7.99. The number of thioether (sulfide) groups is 1. The Labute approximate surface area is 89.5 Å². The third-order valence-electron chi connectivity index (χ3n) is 2.82. The van der Waals surface area contributed by atoms with E-state index < -0.39 is 0 Å². The summed E-state index contributed by atoms with van der Waals surface area (Å²) in [4.78, 5) is 2.23. The van der Waals surface area contributed by atoms with Crippen LogP contribution in [0, 0.1) is 0 Å². The number of amidine groups is 1. The summed E-state index contributed by atoms with van der Waals surface area (Å²) in [5.74, 6) is 2.71. The molecule has 2 unspecified atom stereocenters. The van der Waals surface area contributed by atoms with Crippen molar-refractivity contribution in [3.8, 4) is 0 Å². The molecule has 0 spiro atoms. The van der Waals surface area contributed by atoms with Gasteiger partial charge in [-0.3, -0.25) is 4.90 Å². The van der Waals surface area contributed by atoms with E-state index >= 15 is 0 Å². The first-order valence-corrected chi connectivity index (χ1v) is 6.13. The van der Waals surface area contributed by atoms with Crippen LogP contribution >= 0.6 is 11.8 Å². The molecule has 0 aromatic carbocycles. The first-order chi connectivity index (χ1) is 6.70. The van der Waals surface area contributed by atoms with E-state index in [9.17, 15) is 0 Å². The van der Waals surface area contributed by atoms with Crippen LogP contribution in [-0.2, 0) is 0 Å². The lowest BCUT2D eigenvalue weighted by Gasteiger charge is -2.30. The molecular weight excluding hydrogens is 198 g/mol. The quantitative estimate of drug-likeness (QED) is 0.318. The zero-order valence-electron chi connectivity index (χ0n) is 8.81. The number of likely N-dealkylation sites (N-methyl/N-ethyl adjacent to an activating group) is 1. The number of hydrogen-bond acceptors (Lipinski definition) is 4. The number of rotatable bonds is 4. The summed E-state index contributed by atoms with van der Waals surface area (Å²) in [6.07, 6.45) is 2.09. The molecule has 1 fully saturated rings. The van der Waals surface area contributed by atoms with E-state index in [-0.39, 0.29) is 6.04 Å². The molecule has 0 amide bonds. The summed E-state index contributed by atoms with van der Waals surface area (Å²) >= 11 is 1.97. The molecule has 1 saturated heterocycles. The lowest BCUT2D eigenvalue weighted by Crippen LogP contribution is -2.47. The van der Waals surface area contributed by atoms with Gasteiger partial charge in [0.1, 0.15) is 0 Å². The van der Waals surface area contributed by atoms with Gasteiger partial charge in [-0.1, -0.05) is 12.1 Å². The second kappa shape index (κ2) is 5.46. The number of nitrogens with zero attached hydrogens (tertiary/aromatic N) is 2. The molecule has 3 N–H and O–H groups in total. The highest BCUT2D eigenvalue weighted by Gasteiger charge is 2.27. The minimum Gasteiger partial charge on any atom is -0.409 e. The second-order valence-corrected chi connectivity index (χ2v) is 4.78. The van der Waals surface area contributed by atoms with Gasteiger partial charge >= 0.3 is 0 Å². The fourth-order valence-electron chi connectivity index (χ4n) is 1.87. The normalized spacial score (nSPS) is 25.6. The summed E-state index contributed by atoms with van der Waals surface area (Å²) in [6.45, 7) is 2.06. The Morgan fingerprint density at radius 2 is 2.50 bits per heavy atom. The van der Waals surface area contributed by atoms with Crippen LogP contribution in [0.15, 0.2) is 5.16 Å². The first kappa shape index (κ1) is 11.7. The predicted molar refractivity (Wildman–Crippen MR) is 61.0 cm³/mol. The summed E-state index contributed by atoms with van der Waals surface area (Å²) in [5.41, 5.74) is 5.65. The standard InChI is InChI=1S/C9H19N3OS/c1-3-8(9(10)11-13)12(2)7-4-5-14-6-7/h7-8,13H,3-6H2,1-2H3,(H2,10,11). The molecule has 1 aliphatic heterocycles. The van der Waals surface area contributed by atoms with Crippen molar-refractivity contribution < 1.29 is 5.21 Å². The molecule has 82 valence electrons. The number of hydrogen-bond donors (Lipinski definition) is 2. The minimum atomic E-state index is 0.0729. The van der Waals surface area contributed by atoms with E-state index in [2.05, 4.69) is 24.0 Å². The van der Waals surface area contributed by atoms with Crippen LogP contribution in [0.2, 0.25) is 0 Å². The summed E-state index contributed by atoms with van der Waals surface area (Å²) in [6, 6.07) is 0.647. The maximum absolute atomic E-state index is 8.66. The van der Waals surface area contributed by atoms with E-state index in [1.807, 2.05) is 11.8 Å². The van der Waals surface area contributed by atoms with Crippen LogP contribution < -0.4 is 5.73 Å². The van der Waals surface area contributed by atoms with Crippen molar-refractivity contribution in [1.82, 2.24) is 4.90 Å². The van der Waals surface area contributed by atoms with E-state index in [1.165, 1.54) is 12.2 Å². The van der Waals surface area contributed by atoms with Crippen molar-refractivity contribution in [1.29, 1.82) is 0 Å². The minimum absolute atomic E-state index is 0.0729. The zero-order valence-corrected chi connectivity index (χ0v) is 9.63. The number of oxime groups is 1. The molecule has 0 radical (unpaired) electrons. The summed E-state index contributed by atoms with van der Waals surface area (Å²) in [7, 11) is 2.06. The Morgan fingerprint density at radius 1 is 1.79 bits per heavy atom. The molecule has 1 aliphatic rings. The van der Waals surface area contributed by atoms with Crippen molar-refractivity contribution in [2.45, 2.75) is 31.8 Å². The third-order valence-corrected chi connectivity index (χ3v) is 3.96. The zero-order chi connectivity index (χ0) is 10.6. The lowest BCUT2D eigenvalue weighted by molar-refractivity contribution is 0.219. The molecular formula is C9H19N3OS. The van der Waals surface area contributed by atoms with Crippen LogP contribution in [0.25, 0.3) is 0 Å². The molecule has 0 saturated carbocycles. The van der Waals surface area contributed by atoms with Gasteiger partial charge < -0.3 is 10.9 Å². The monoisotopic (exact) mass is 217 g/mol. The average Bonchev–Trinajstić information content (AvgIpc) is 2.71. The van der Waals surface area contributed by atoms with Gasteiger partial charge in [0.05, 0.1) is 6.04 Å². The largest absolute Gasteiger partial charge is 0.409 e. The molecule has 0 bridgehead atoms. The maximum atomic E-state index is 8.66. The van der Waals surface area contributed by atoms with Crippen molar-refractivity contribution in [3.63, 3.8) is 0 Å². The van der Waals surface area contributed by atoms with Crippen LogP contribution in [0.5, 0.6) is 0 Å². The molecule has 0 aromatic heterocycles. The van der Waals surface area contributed by atoms with Gasteiger partial charge in [-0.15, -0.1) is 0 Å². The van der Waals surface area contributed by atoms with Gasteiger partial charge in [-0.2, -0.15) is 11.8 Å². The van der Waals surface area contributed by atoms with Crippen molar-refractivity contribution in [2.75, 3.05) is 18.6 Å². The smallest absolute Gasteiger partial charge is 0.156 e. The molecule has 14 heavy (non-hydrogen) atoms. The van der Waals surface area contributed by atoms with Gasteiger partial charge in [0.25, 0.3) is 0 Å². The van der Waals surface area contributed by atoms with Crippen molar-refractivity contribution >= 4 is 17.6 Å². The second-order valence-electron chi connectivity index (χ2n) is 3.63.